The van der Waals surface area contributed by atoms with E-state index in [2.05, 4.69) is 5.32 Å². The molecule has 3 aromatic rings. The highest BCUT2D eigenvalue weighted by molar-refractivity contribution is 7.12. The zero-order valence-electron chi connectivity index (χ0n) is 14.9. The van der Waals surface area contributed by atoms with Gasteiger partial charge in [-0.25, -0.2) is 0 Å². The first kappa shape index (κ1) is 19.0. The van der Waals surface area contributed by atoms with Gasteiger partial charge in [-0.2, -0.15) is 0 Å². The molecule has 0 aliphatic heterocycles. The first-order chi connectivity index (χ1) is 13.2. The molecule has 0 aliphatic rings. The fraction of sp³-hybridized carbons (Fsp3) is 0.250. The van der Waals surface area contributed by atoms with E-state index in [-0.39, 0.29) is 12.5 Å². The molecule has 0 saturated carbocycles. The van der Waals surface area contributed by atoms with Gasteiger partial charge in [0.05, 0.1) is 19.4 Å². The second-order valence-corrected chi connectivity index (χ2v) is 6.89. The van der Waals surface area contributed by atoms with E-state index in [9.17, 15) is 9.90 Å². The number of carbonyl (C=O) groups excluding carboxylic acids is 1. The largest absolute Gasteiger partial charge is 0.494 e. The molecule has 2 heterocycles. The molecule has 7 heteroatoms. The van der Waals surface area contributed by atoms with Crippen molar-refractivity contribution in [2.45, 2.75) is 19.6 Å². The van der Waals surface area contributed by atoms with Crippen molar-refractivity contribution in [1.29, 1.82) is 0 Å². The summed E-state index contributed by atoms with van der Waals surface area (Å²) in [4.78, 5) is 13.7. The van der Waals surface area contributed by atoms with Crippen molar-refractivity contribution < 1.29 is 23.8 Å². The molecule has 0 fully saturated rings. The predicted octanol–water partition coefficient (Wildman–Crippen LogP) is 3.52. The number of thiophene rings is 1. The Morgan fingerprint density at radius 2 is 1.89 bits per heavy atom. The van der Waals surface area contributed by atoms with Crippen LogP contribution in [0.4, 0.5) is 0 Å². The second kappa shape index (κ2) is 9.25. The Bertz CT molecular complexity index is 842. The average Bonchev–Trinajstić information content (AvgIpc) is 3.37. The van der Waals surface area contributed by atoms with Gasteiger partial charge in [-0.15, -0.1) is 11.3 Å². The number of nitrogens with one attached hydrogen (secondary N) is 1. The number of hydrogen-bond acceptors (Lipinski definition) is 6. The Labute approximate surface area is 161 Å². The number of hydrogen-bond donors (Lipinski definition) is 2. The average molecular weight is 387 g/mol. The fourth-order valence-electron chi connectivity index (χ4n) is 2.41. The molecule has 2 N–H and O–H groups in total. The Balaban J connectivity index is 1.44. The molecule has 2 aromatic heterocycles. The first-order valence-corrected chi connectivity index (χ1v) is 9.40. The molecular weight excluding hydrogens is 366 g/mol. The van der Waals surface area contributed by atoms with Crippen molar-refractivity contribution >= 4 is 17.2 Å². The van der Waals surface area contributed by atoms with E-state index in [0.717, 1.165) is 15.5 Å². The van der Waals surface area contributed by atoms with Crippen LogP contribution in [-0.4, -0.2) is 24.2 Å². The molecule has 0 bridgehead atoms. The standard InChI is InChI=1S/C20H21NO5S/c1-2-24-14-5-7-15(8-6-14)26-13-19(22)21-12-16-9-10-18(27-16)20(23)17-4-3-11-25-17/h3-11,20,23H,2,12-13H2,1H3,(H,21,22). The zero-order valence-corrected chi connectivity index (χ0v) is 15.7. The van der Waals surface area contributed by atoms with E-state index >= 15 is 0 Å². The molecule has 27 heavy (non-hydrogen) atoms. The lowest BCUT2D eigenvalue weighted by Crippen LogP contribution is -2.28. The van der Waals surface area contributed by atoms with Gasteiger partial charge in [0.1, 0.15) is 23.4 Å². The highest BCUT2D eigenvalue weighted by Gasteiger charge is 2.15. The molecule has 0 radical (unpaired) electrons. The van der Waals surface area contributed by atoms with E-state index in [4.69, 9.17) is 13.9 Å². The maximum Gasteiger partial charge on any atom is 0.258 e. The maximum absolute atomic E-state index is 12.0. The van der Waals surface area contributed by atoms with Crippen LogP contribution in [0.15, 0.2) is 59.2 Å². The topological polar surface area (TPSA) is 80.9 Å². The molecule has 1 aromatic carbocycles. The Morgan fingerprint density at radius 1 is 1.15 bits per heavy atom. The van der Waals surface area contributed by atoms with Gasteiger partial charge in [0.15, 0.2) is 6.61 Å². The van der Waals surface area contributed by atoms with Crippen molar-refractivity contribution in [3.8, 4) is 11.5 Å². The van der Waals surface area contributed by atoms with Gasteiger partial charge in [0.2, 0.25) is 0 Å². The number of carbonyl (C=O) groups is 1. The van der Waals surface area contributed by atoms with Crippen LogP contribution in [0, 0.1) is 0 Å². The normalized spacial score (nSPS) is 11.8. The third-order valence-electron chi connectivity index (χ3n) is 3.73. The van der Waals surface area contributed by atoms with Crippen molar-refractivity contribution in [3.05, 3.63) is 70.3 Å². The Kier molecular flexibility index (Phi) is 6.51. The van der Waals surface area contributed by atoms with Gasteiger partial charge in [-0.05, 0) is 55.5 Å². The van der Waals surface area contributed by atoms with Crippen molar-refractivity contribution in [3.63, 3.8) is 0 Å². The lowest BCUT2D eigenvalue weighted by molar-refractivity contribution is -0.123. The van der Waals surface area contributed by atoms with Gasteiger partial charge in [0.25, 0.3) is 5.91 Å². The van der Waals surface area contributed by atoms with Gasteiger partial charge in [0, 0.05) is 9.75 Å². The summed E-state index contributed by atoms with van der Waals surface area (Å²) in [6.45, 7) is 2.83. The maximum atomic E-state index is 12.0. The van der Waals surface area contributed by atoms with Gasteiger partial charge in [-0.3, -0.25) is 4.79 Å². The minimum atomic E-state index is -0.794. The van der Waals surface area contributed by atoms with Crippen LogP contribution in [0.3, 0.4) is 0 Å². The number of benzene rings is 1. The summed E-state index contributed by atoms with van der Waals surface area (Å²) in [5.41, 5.74) is 0. The van der Waals surface area contributed by atoms with Crippen molar-refractivity contribution in [2.24, 2.45) is 0 Å². The summed E-state index contributed by atoms with van der Waals surface area (Å²) in [6.07, 6.45) is 0.731. The van der Waals surface area contributed by atoms with Gasteiger partial charge < -0.3 is 24.3 Å². The molecule has 1 atom stereocenters. The first-order valence-electron chi connectivity index (χ1n) is 8.58. The third-order valence-corrected chi connectivity index (χ3v) is 4.87. The highest BCUT2D eigenvalue weighted by Crippen LogP contribution is 2.28. The summed E-state index contributed by atoms with van der Waals surface area (Å²) in [5, 5.41) is 13.0. The Hall–Kier alpha value is -2.77. The SMILES string of the molecule is CCOc1ccc(OCC(=O)NCc2ccc(C(O)c3ccco3)s2)cc1. The van der Waals surface area contributed by atoms with Crippen molar-refractivity contribution in [1.82, 2.24) is 5.32 Å². The summed E-state index contributed by atoms with van der Waals surface area (Å²) >= 11 is 1.42. The molecule has 1 unspecified atom stereocenters. The summed E-state index contributed by atoms with van der Waals surface area (Å²) < 4.78 is 16.0. The highest BCUT2D eigenvalue weighted by atomic mass is 32.1. The fourth-order valence-corrected chi connectivity index (χ4v) is 3.35. The van der Waals surface area contributed by atoms with Crippen LogP contribution in [0.25, 0.3) is 0 Å². The van der Waals surface area contributed by atoms with E-state index in [0.29, 0.717) is 24.7 Å². The summed E-state index contributed by atoms with van der Waals surface area (Å²) in [7, 11) is 0. The van der Waals surface area contributed by atoms with Crippen LogP contribution in [0.5, 0.6) is 11.5 Å². The predicted molar refractivity (Wildman–Crippen MR) is 102 cm³/mol. The van der Waals surface area contributed by atoms with Crippen LogP contribution >= 0.6 is 11.3 Å². The molecule has 0 saturated heterocycles. The molecule has 6 nitrogen and oxygen atoms in total. The van der Waals surface area contributed by atoms with Crippen LogP contribution in [0.2, 0.25) is 0 Å². The summed E-state index contributed by atoms with van der Waals surface area (Å²) in [6, 6.07) is 14.3. The van der Waals surface area contributed by atoms with E-state index < -0.39 is 6.10 Å². The molecule has 1 amide bonds. The van der Waals surface area contributed by atoms with E-state index in [1.807, 2.05) is 19.1 Å². The van der Waals surface area contributed by atoms with Gasteiger partial charge in [-0.1, -0.05) is 0 Å². The lowest BCUT2D eigenvalue weighted by Gasteiger charge is -2.08. The zero-order chi connectivity index (χ0) is 19.1. The van der Waals surface area contributed by atoms with Crippen LogP contribution in [0.1, 0.15) is 28.5 Å². The smallest absolute Gasteiger partial charge is 0.258 e. The van der Waals surface area contributed by atoms with E-state index in [1.165, 1.54) is 17.6 Å². The molecule has 142 valence electrons. The number of furan rings is 1. The molecular formula is C20H21NO5S. The monoisotopic (exact) mass is 387 g/mol. The summed E-state index contributed by atoms with van der Waals surface area (Å²) in [5.74, 6) is 1.65. The second-order valence-electron chi connectivity index (χ2n) is 5.69. The molecule has 3 rings (SSSR count). The number of aliphatic hydroxyl groups excluding tert-OH is 1. The number of amides is 1. The molecule has 0 aliphatic carbocycles. The van der Waals surface area contributed by atoms with E-state index in [1.54, 1.807) is 36.4 Å². The number of rotatable bonds is 9. The quantitative estimate of drug-likeness (QED) is 0.587. The number of aliphatic hydroxyl groups is 1. The molecule has 0 spiro atoms. The lowest BCUT2D eigenvalue weighted by atomic mass is 10.2. The van der Waals surface area contributed by atoms with Gasteiger partial charge >= 0.3 is 0 Å². The Morgan fingerprint density at radius 3 is 2.56 bits per heavy atom. The van der Waals surface area contributed by atoms with Crippen molar-refractivity contribution in [2.75, 3.05) is 13.2 Å². The van der Waals surface area contributed by atoms with Crippen LogP contribution in [-0.2, 0) is 11.3 Å². The minimum absolute atomic E-state index is 0.0682. The third kappa shape index (κ3) is 5.35. The number of ether oxygens (including phenoxy) is 2. The van der Waals surface area contributed by atoms with Crippen LogP contribution < -0.4 is 14.8 Å². The minimum Gasteiger partial charge on any atom is -0.494 e.